The third kappa shape index (κ3) is 3.45. The molecular formula is C14H17F2NO3. The molecule has 3 N–H and O–H groups in total. The number of aromatic carboxylic acids is 1. The quantitative estimate of drug-likeness (QED) is 0.795. The van der Waals surface area contributed by atoms with Crippen LogP contribution in [0.3, 0.4) is 0 Å². The summed E-state index contributed by atoms with van der Waals surface area (Å²) in [6.07, 6.45) is 2.84. The minimum Gasteiger partial charge on any atom is -0.478 e. The number of rotatable bonds is 4. The molecule has 0 spiro atoms. The Kier molecular flexibility index (Phi) is 4.54. The van der Waals surface area contributed by atoms with E-state index in [2.05, 4.69) is 5.32 Å². The first-order chi connectivity index (χ1) is 9.47. The molecule has 0 bridgehead atoms. The molecule has 1 aromatic carbocycles. The fourth-order valence-corrected chi connectivity index (χ4v) is 2.56. The van der Waals surface area contributed by atoms with Gasteiger partial charge in [0.1, 0.15) is 17.3 Å². The van der Waals surface area contributed by atoms with Crippen molar-refractivity contribution in [3.05, 3.63) is 29.3 Å². The molecule has 1 fully saturated rings. The highest BCUT2D eigenvalue weighted by Gasteiger charge is 2.21. The second-order valence-corrected chi connectivity index (χ2v) is 5.19. The Labute approximate surface area is 115 Å². The molecule has 4 nitrogen and oxygen atoms in total. The molecule has 20 heavy (non-hydrogen) atoms. The van der Waals surface area contributed by atoms with Gasteiger partial charge in [0.2, 0.25) is 0 Å². The van der Waals surface area contributed by atoms with Gasteiger partial charge in [-0.25, -0.2) is 13.6 Å². The lowest BCUT2D eigenvalue weighted by Gasteiger charge is -2.26. The normalized spacial score (nSPS) is 22.6. The second kappa shape index (κ2) is 6.17. The van der Waals surface area contributed by atoms with Gasteiger partial charge in [-0.1, -0.05) is 6.42 Å². The maximum Gasteiger partial charge on any atom is 0.335 e. The monoisotopic (exact) mass is 285 g/mol. The highest BCUT2D eigenvalue weighted by atomic mass is 19.1. The van der Waals surface area contributed by atoms with Gasteiger partial charge in [-0.15, -0.1) is 0 Å². The van der Waals surface area contributed by atoms with Gasteiger partial charge in [-0.2, -0.15) is 0 Å². The average Bonchev–Trinajstić information content (AvgIpc) is 2.37. The van der Waals surface area contributed by atoms with Crippen LogP contribution < -0.4 is 5.32 Å². The molecule has 0 radical (unpaired) electrons. The van der Waals surface area contributed by atoms with Gasteiger partial charge in [0.15, 0.2) is 0 Å². The number of carboxylic acids is 1. The van der Waals surface area contributed by atoms with Crippen LogP contribution >= 0.6 is 0 Å². The zero-order valence-electron chi connectivity index (χ0n) is 10.9. The summed E-state index contributed by atoms with van der Waals surface area (Å²) in [6.45, 7) is 0.358. The van der Waals surface area contributed by atoms with E-state index in [1.165, 1.54) is 0 Å². The Hall–Kier alpha value is -1.69. The number of halogens is 2. The molecule has 2 atom stereocenters. The zero-order valence-corrected chi connectivity index (χ0v) is 10.9. The Morgan fingerprint density at radius 2 is 1.95 bits per heavy atom. The molecule has 0 aromatic heterocycles. The summed E-state index contributed by atoms with van der Waals surface area (Å²) in [5.74, 6) is -3.04. The standard InChI is InChI=1S/C14H17F2NO3/c15-11-5-9(14(19)20)6-12(16)13(11)17-7-8-2-1-3-10(18)4-8/h5-6,8,10,17-18H,1-4,7H2,(H,19,20). The predicted octanol–water partition coefficient (Wildman–Crippen LogP) is 2.63. The van der Waals surface area contributed by atoms with Crippen molar-refractivity contribution >= 4 is 11.7 Å². The van der Waals surface area contributed by atoms with E-state index in [-0.39, 0.29) is 17.7 Å². The summed E-state index contributed by atoms with van der Waals surface area (Å²) >= 11 is 0. The van der Waals surface area contributed by atoms with Crippen LogP contribution in [-0.4, -0.2) is 28.8 Å². The van der Waals surface area contributed by atoms with Crippen LogP contribution in [0.4, 0.5) is 14.5 Å². The maximum atomic E-state index is 13.7. The van der Waals surface area contributed by atoms with E-state index in [0.717, 1.165) is 31.4 Å². The number of hydrogen-bond acceptors (Lipinski definition) is 3. The largest absolute Gasteiger partial charge is 0.478 e. The van der Waals surface area contributed by atoms with Gasteiger partial charge >= 0.3 is 5.97 Å². The van der Waals surface area contributed by atoms with Crippen molar-refractivity contribution in [2.45, 2.75) is 31.8 Å². The summed E-state index contributed by atoms with van der Waals surface area (Å²) < 4.78 is 27.4. The number of hydrogen-bond donors (Lipinski definition) is 3. The maximum absolute atomic E-state index is 13.7. The number of aliphatic hydroxyl groups excluding tert-OH is 1. The van der Waals surface area contributed by atoms with E-state index in [0.29, 0.717) is 13.0 Å². The Bertz CT molecular complexity index is 484. The Balaban J connectivity index is 2.04. The minimum atomic E-state index is -1.37. The number of anilines is 1. The molecule has 1 aromatic rings. The third-order valence-electron chi connectivity index (χ3n) is 3.61. The molecular weight excluding hydrogens is 268 g/mol. The summed E-state index contributed by atoms with van der Waals surface area (Å²) in [5.41, 5.74) is -0.728. The Morgan fingerprint density at radius 1 is 1.30 bits per heavy atom. The number of carboxylic acid groups (broad SMARTS) is 1. The van der Waals surface area contributed by atoms with Crippen molar-refractivity contribution in [2.75, 3.05) is 11.9 Å². The van der Waals surface area contributed by atoms with E-state index in [9.17, 15) is 18.7 Å². The van der Waals surface area contributed by atoms with Crippen LogP contribution in [0.15, 0.2) is 12.1 Å². The summed E-state index contributed by atoms with van der Waals surface area (Å²) in [4.78, 5) is 10.7. The van der Waals surface area contributed by atoms with Crippen LogP contribution in [0, 0.1) is 17.6 Å². The fraction of sp³-hybridized carbons (Fsp3) is 0.500. The molecule has 0 saturated heterocycles. The highest BCUT2D eigenvalue weighted by Crippen LogP contribution is 2.26. The molecule has 1 aliphatic carbocycles. The summed E-state index contributed by atoms with van der Waals surface area (Å²) in [6, 6.07) is 1.59. The molecule has 1 aliphatic rings. The first-order valence-electron chi connectivity index (χ1n) is 6.61. The lowest BCUT2D eigenvalue weighted by Crippen LogP contribution is -2.25. The molecule has 0 amide bonds. The van der Waals surface area contributed by atoms with E-state index in [4.69, 9.17) is 5.11 Å². The molecule has 0 heterocycles. The number of benzene rings is 1. The van der Waals surface area contributed by atoms with Crippen LogP contribution in [0.5, 0.6) is 0 Å². The van der Waals surface area contributed by atoms with E-state index < -0.39 is 23.2 Å². The fourth-order valence-electron chi connectivity index (χ4n) is 2.56. The average molecular weight is 285 g/mol. The van der Waals surface area contributed by atoms with Crippen molar-refractivity contribution in [1.82, 2.24) is 0 Å². The molecule has 2 rings (SSSR count). The second-order valence-electron chi connectivity index (χ2n) is 5.19. The van der Waals surface area contributed by atoms with E-state index in [1.54, 1.807) is 0 Å². The zero-order chi connectivity index (χ0) is 14.7. The van der Waals surface area contributed by atoms with Gasteiger partial charge in [0.05, 0.1) is 11.7 Å². The summed E-state index contributed by atoms with van der Waals surface area (Å²) in [7, 11) is 0. The van der Waals surface area contributed by atoms with Crippen molar-refractivity contribution in [3.8, 4) is 0 Å². The third-order valence-corrected chi connectivity index (χ3v) is 3.61. The van der Waals surface area contributed by atoms with Crippen LogP contribution in [0.25, 0.3) is 0 Å². The Morgan fingerprint density at radius 3 is 2.50 bits per heavy atom. The van der Waals surface area contributed by atoms with Crippen molar-refractivity contribution < 1.29 is 23.8 Å². The number of nitrogens with one attached hydrogen (secondary N) is 1. The minimum absolute atomic E-state index is 0.164. The molecule has 0 aliphatic heterocycles. The molecule has 2 unspecified atom stereocenters. The van der Waals surface area contributed by atoms with Crippen molar-refractivity contribution in [2.24, 2.45) is 5.92 Å². The van der Waals surface area contributed by atoms with Crippen LogP contribution in [0.2, 0.25) is 0 Å². The SMILES string of the molecule is O=C(O)c1cc(F)c(NCC2CCCC(O)C2)c(F)c1. The lowest BCUT2D eigenvalue weighted by molar-refractivity contribution is 0.0695. The van der Waals surface area contributed by atoms with Crippen molar-refractivity contribution in [3.63, 3.8) is 0 Å². The topological polar surface area (TPSA) is 69.6 Å². The van der Waals surface area contributed by atoms with E-state index in [1.807, 2.05) is 0 Å². The van der Waals surface area contributed by atoms with Gasteiger partial charge in [-0.05, 0) is 37.3 Å². The van der Waals surface area contributed by atoms with Gasteiger partial charge in [0.25, 0.3) is 0 Å². The lowest BCUT2D eigenvalue weighted by atomic mass is 9.87. The highest BCUT2D eigenvalue weighted by molar-refractivity contribution is 5.88. The number of aliphatic hydroxyl groups is 1. The summed E-state index contributed by atoms with van der Waals surface area (Å²) in [5, 5.41) is 20.9. The number of carbonyl (C=O) groups is 1. The smallest absolute Gasteiger partial charge is 0.335 e. The van der Waals surface area contributed by atoms with E-state index >= 15 is 0 Å². The molecule has 6 heteroatoms. The molecule has 110 valence electrons. The van der Waals surface area contributed by atoms with Gasteiger partial charge < -0.3 is 15.5 Å². The predicted molar refractivity (Wildman–Crippen MR) is 69.8 cm³/mol. The van der Waals surface area contributed by atoms with Crippen LogP contribution in [-0.2, 0) is 0 Å². The van der Waals surface area contributed by atoms with Gasteiger partial charge in [-0.3, -0.25) is 0 Å². The first kappa shape index (κ1) is 14.7. The molecule has 1 saturated carbocycles. The van der Waals surface area contributed by atoms with Gasteiger partial charge in [0, 0.05) is 6.54 Å². The van der Waals surface area contributed by atoms with Crippen LogP contribution in [0.1, 0.15) is 36.0 Å². The van der Waals surface area contributed by atoms with Crippen molar-refractivity contribution in [1.29, 1.82) is 0 Å². The first-order valence-corrected chi connectivity index (χ1v) is 6.61.